The Kier molecular flexibility index (Phi) is 10.1. The van der Waals surface area contributed by atoms with Crippen LogP contribution >= 0.6 is 0 Å². The number of nitrogens with one attached hydrogen (secondary N) is 2. The molecule has 1 atom stereocenters. The summed E-state index contributed by atoms with van der Waals surface area (Å²) in [7, 11) is 0. The molecule has 0 aliphatic carbocycles. The number of urea groups is 2. The van der Waals surface area contributed by atoms with E-state index in [1.165, 1.54) is 9.80 Å². The zero-order valence-corrected chi connectivity index (χ0v) is 28.2. The molecule has 0 bridgehead atoms. The van der Waals surface area contributed by atoms with Crippen molar-refractivity contribution in [1.29, 1.82) is 0 Å². The summed E-state index contributed by atoms with van der Waals surface area (Å²) in [5.74, 6) is -1.29. The highest BCUT2D eigenvalue weighted by molar-refractivity contribution is 6.08. The van der Waals surface area contributed by atoms with Crippen LogP contribution in [0.4, 0.5) is 21.0 Å². The first-order valence-corrected chi connectivity index (χ1v) is 16.0. The fourth-order valence-corrected chi connectivity index (χ4v) is 5.91. The lowest BCUT2D eigenvalue weighted by Crippen LogP contribution is -2.47. The second-order valence-electron chi connectivity index (χ2n) is 13.1. The number of para-hydroxylation sites is 1. The second-order valence-corrected chi connectivity index (χ2v) is 13.1. The summed E-state index contributed by atoms with van der Waals surface area (Å²) in [6.45, 7) is 8.68. The molecule has 0 aromatic heterocycles. The van der Waals surface area contributed by atoms with Crippen molar-refractivity contribution in [1.82, 2.24) is 14.7 Å². The fraction of sp³-hybridized carbons (Fsp3) is 0.361. The zero-order valence-electron chi connectivity index (χ0n) is 28.2. The van der Waals surface area contributed by atoms with E-state index in [9.17, 15) is 29.1 Å². The van der Waals surface area contributed by atoms with Crippen LogP contribution in [0.1, 0.15) is 56.8 Å². The van der Waals surface area contributed by atoms with Crippen molar-refractivity contribution in [3.05, 3.63) is 83.4 Å². The molecule has 3 aromatic carbocycles. The predicted molar refractivity (Wildman–Crippen MR) is 181 cm³/mol. The number of carbonyl (C=O) groups excluding carboxylic acids is 4. The number of aliphatic carboxylic acids is 1. The van der Waals surface area contributed by atoms with E-state index >= 15 is 0 Å². The number of hydrogen-bond acceptors (Lipinski definition) is 7. The number of benzene rings is 3. The fourth-order valence-electron chi connectivity index (χ4n) is 5.91. The summed E-state index contributed by atoms with van der Waals surface area (Å²) in [6, 6.07) is 17.4. The number of amides is 6. The van der Waals surface area contributed by atoms with Gasteiger partial charge in [-0.15, -0.1) is 0 Å². The topological polar surface area (TPSA) is 158 Å². The molecule has 49 heavy (non-hydrogen) atoms. The number of rotatable bonds is 12. The van der Waals surface area contributed by atoms with E-state index in [0.29, 0.717) is 34.0 Å². The van der Waals surface area contributed by atoms with E-state index in [1.807, 2.05) is 39.0 Å². The highest BCUT2D eigenvalue weighted by Gasteiger charge is 2.52. The molecule has 258 valence electrons. The Morgan fingerprint density at radius 3 is 2.33 bits per heavy atom. The number of carboxylic acids is 1. The molecule has 5 rings (SSSR count). The Hall–Kier alpha value is -5.59. The van der Waals surface area contributed by atoms with Crippen LogP contribution in [-0.2, 0) is 20.9 Å². The second kappa shape index (κ2) is 14.3. The Bertz CT molecular complexity index is 1760. The predicted octanol–water partition coefficient (Wildman–Crippen LogP) is 5.61. The van der Waals surface area contributed by atoms with E-state index in [4.69, 9.17) is 9.47 Å². The largest absolute Gasteiger partial charge is 0.481 e. The van der Waals surface area contributed by atoms with Crippen LogP contribution in [-0.4, -0.2) is 75.1 Å². The average Bonchev–Trinajstić information content (AvgIpc) is 3.58. The van der Waals surface area contributed by atoms with Crippen LogP contribution in [0.15, 0.2) is 66.7 Å². The number of carbonyl (C=O) groups is 5. The van der Waals surface area contributed by atoms with Gasteiger partial charge in [-0.3, -0.25) is 19.3 Å². The first kappa shape index (κ1) is 34.7. The maximum atomic E-state index is 14.0. The molecule has 2 heterocycles. The number of aryl methyl sites for hydroxylation is 1. The highest BCUT2D eigenvalue weighted by Crippen LogP contribution is 2.37. The lowest BCUT2D eigenvalue weighted by molar-refractivity contribution is -0.144. The molecule has 0 spiro atoms. The molecule has 2 aliphatic rings. The van der Waals surface area contributed by atoms with Gasteiger partial charge in [-0.1, -0.05) is 50.2 Å². The van der Waals surface area contributed by atoms with E-state index in [-0.39, 0.29) is 25.8 Å². The molecule has 2 aliphatic heterocycles. The number of fused-ring (bicyclic) bond motifs is 1. The highest BCUT2D eigenvalue weighted by atomic mass is 16.7. The normalized spacial score (nSPS) is 15.4. The maximum absolute atomic E-state index is 14.0. The van der Waals surface area contributed by atoms with Crippen LogP contribution < -0.4 is 20.1 Å². The van der Waals surface area contributed by atoms with Crippen molar-refractivity contribution < 1.29 is 38.6 Å². The van der Waals surface area contributed by atoms with Crippen molar-refractivity contribution in [3.8, 4) is 11.5 Å². The smallest absolute Gasteiger partial charge is 0.328 e. The van der Waals surface area contributed by atoms with Gasteiger partial charge in [0, 0.05) is 24.5 Å². The van der Waals surface area contributed by atoms with Crippen molar-refractivity contribution in [2.45, 2.75) is 59.2 Å². The lowest BCUT2D eigenvalue weighted by Gasteiger charge is -2.34. The molecular weight excluding hydrogens is 630 g/mol. The first-order valence-electron chi connectivity index (χ1n) is 16.0. The third-order valence-corrected chi connectivity index (χ3v) is 8.55. The van der Waals surface area contributed by atoms with Gasteiger partial charge >= 0.3 is 18.0 Å². The van der Waals surface area contributed by atoms with Gasteiger partial charge in [-0.25, -0.2) is 9.59 Å². The van der Waals surface area contributed by atoms with E-state index in [0.717, 1.165) is 10.5 Å². The Balaban J connectivity index is 1.29. The molecular formula is C36H41N5O8. The number of ether oxygens (including phenoxy) is 2. The molecule has 13 nitrogen and oxygen atoms in total. The lowest BCUT2D eigenvalue weighted by atomic mass is 9.99. The summed E-state index contributed by atoms with van der Waals surface area (Å²) in [4.78, 5) is 69.6. The van der Waals surface area contributed by atoms with Crippen LogP contribution in [0.3, 0.4) is 0 Å². The summed E-state index contributed by atoms with van der Waals surface area (Å²) in [5, 5.41) is 15.4. The third-order valence-electron chi connectivity index (χ3n) is 8.55. The molecule has 0 saturated carbocycles. The number of anilines is 2. The van der Waals surface area contributed by atoms with Gasteiger partial charge in [0.25, 0.3) is 5.91 Å². The molecule has 3 aromatic rings. The number of nitrogens with zero attached hydrogens (tertiary/aromatic N) is 3. The minimum absolute atomic E-state index is 0.0369. The van der Waals surface area contributed by atoms with Crippen LogP contribution in [0.5, 0.6) is 11.5 Å². The van der Waals surface area contributed by atoms with Crippen molar-refractivity contribution >= 4 is 41.2 Å². The molecule has 13 heteroatoms. The monoisotopic (exact) mass is 671 g/mol. The van der Waals surface area contributed by atoms with E-state index in [1.54, 1.807) is 62.4 Å². The van der Waals surface area contributed by atoms with E-state index in [2.05, 4.69) is 10.6 Å². The first-order chi connectivity index (χ1) is 23.2. The third kappa shape index (κ3) is 7.77. The zero-order chi connectivity index (χ0) is 35.5. The Morgan fingerprint density at radius 1 is 0.959 bits per heavy atom. The standard InChI is InChI=1S/C36H41N5O8/c1-22(2)18-39(28(17-32(43)44)25-12-15-29-30(16-25)49-21-48-29)31(42)20-40-33(45)36(4,5)41(35(40)47)19-24-10-13-26(14-11-24)37-34(46)38-27-9-7-6-8-23(27)3/h6-16,22,28H,17-21H2,1-5H3,(H,43,44)(H2,37,38,46)/t28-/m0/s1. The summed E-state index contributed by atoms with van der Waals surface area (Å²) >= 11 is 0. The summed E-state index contributed by atoms with van der Waals surface area (Å²) in [6.07, 6.45) is -0.393. The van der Waals surface area contributed by atoms with Gasteiger partial charge in [-0.2, -0.15) is 0 Å². The molecule has 1 saturated heterocycles. The minimum Gasteiger partial charge on any atom is -0.481 e. The van der Waals surface area contributed by atoms with Crippen LogP contribution in [0, 0.1) is 12.8 Å². The SMILES string of the molecule is Cc1ccccc1NC(=O)Nc1ccc(CN2C(=O)N(CC(=O)N(CC(C)C)[C@@H](CC(=O)O)c3ccc4c(c3)OCO4)C(=O)C2(C)C)cc1. The molecule has 0 radical (unpaired) electrons. The van der Waals surface area contributed by atoms with Gasteiger partial charge in [0.15, 0.2) is 11.5 Å². The van der Waals surface area contributed by atoms with E-state index < -0.39 is 54.4 Å². The molecule has 6 amide bonds. The molecule has 0 unspecified atom stereocenters. The number of carboxylic acid groups (broad SMARTS) is 1. The maximum Gasteiger partial charge on any atom is 0.328 e. The van der Waals surface area contributed by atoms with Crippen molar-refractivity contribution in [2.24, 2.45) is 5.92 Å². The quantitative estimate of drug-likeness (QED) is 0.210. The van der Waals surface area contributed by atoms with Crippen molar-refractivity contribution in [3.63, 3.8) is 0 Å². The Morgan fingerprint density at radius 2 is 1.65 bits per heavy atom. The van der Waals surface area contributed by atoms with Crippen LogP contribution in [0.25, 0.3) is 0 Å². The van der Waals surface area contributed by atoms with Crippen molar-refractivity contribution in [2.75, 3.05) is 30.5 Å². The average molecular weight is 672 g/mol. The summed E-state index contributed by atoms with van der Waals surface area (Å²) < 4.78 is 10.9. The van der Waals surface area contributed by atoms with Gasteiger partial charge in [-0.05, 0) is 73.7 Å². The van der Waals surface area contributed by atoms with Gasteiger partial charge in [0.2, 0.25) is 12.7 Å². The number of imide groups is 1. The Labute approximate surface area is 284 Å². The molecule has 3 N–H and O–H groups in total. The number of hydrogen-bond donors (Lipinski definition) is 3. The van der Waals surface area contributed by atoms with Crippen LogP contribution in [0.2, 0.25) is 0 Å². The van der Waals surface area contributed by atoms with Gasteiger partial charge < -0.3 is 35.0 Å². The minimum atomic E-state index is -1.26. The van der Waals surface area contributed by atoms with Gasteiger partial charge in [0.1, 0.15) is 12.1 Å². The molecule has 1 fully saturated rings. The summed E-state index contributed by atoms with van der Waals surface area (Å²) in [5.41, 5.74) is 2.13. The van der Waals surface area contributed by atoms with Gasteiger partial charge in [0.05, 0.1) is 12.5 Å².